The predicted molar refractivity (Wildman–Crippen MR) is 157 cm³/mol. The first-order valence-electron chi connectivity index (χ1n) is 12.5. The third-order valence-electron chi connectivity index (χ3n) is 6.50. The number of carboxylic acids is 1. The molecule has 0 radical (unpaired) electrons. The van der Waals surface area contributed by atoms with Crippen molar-refractivity contribution in [3.63, 3.8) is 0 Å². The molecule has 1 unspecified atom stereocenters. The van der Waals surface area contributed by atoms with Gasteiger partial charge < -0.3 is 24.2 Å². The molecule has 0 aromatic rings. The van der Waals surface area contributed by atoms with E-state index in [9.17, 15) is 19.2 Å². The minimum atomic E-state index is -2.79. The summed E-state index contributed by atoms with van der Waals surface area (Å²) in [5.74, 6) is -4.08. The number of aliphatic carboxylic acids is 1. The highest BCUT2D eigenvalue weighted by molar-refractivity contribution is 8.68. The Morgan fingerprint density at radius 3 is 2.47 bits per heavy atom. The monoisotopic (exact) mass is 611 g/mol. The number of rotatable bonds is 12. The largest absolute Gasteiger partial charge is 0.481 e. The summed E-state index contributed by atoms with van der Waals surface area (Å²) in [7, 11) is 0. The Morgan fingerprint density at radius 1 is 1.29 bits per heavy atom. The average molecular weight is 612 g/mol. The van der Waals surface area contributed by atoms with Crippen molar-refractivity contribution < 1.29 is 38.1 Å². The summed E-state index contributed by atoms with van der Waals surface area (Å²) in [6.45, 7) is 14.3. The Labute approximate surface area is 241 Å². The van der Waals surface area contributed by atoms with Gasteiger partial charge in [-0.1, -0.05) is 30.5 Å². The lowest BCUT2D eigenvalue weighted by molar-refractivity contribution is -0.157. The second-order valence-corrected chi connectivity index (χ2v) is 17.6. The fourth-order valence-corrected chi connectivity index (χ4v) is 11.1. The van der Waals surface area contributed by atoms with Crippen LogP contribution in [0.2, 0.25) is 0 Å². The van der Waals surface area contributed by atoms with E-state index in [1.54, 1.807) is 20.8 Å². The minimum absolute atomic E-state index is 0. The molecule has 2 N–H and O–H groups in total. The van der Waals surface area contributed by atoms with Crippen LogP contribution in [-0.2, 0) is 44.8 Å². The van der Waals surface area contributed by atoms with Crippen LogP contribution in [0.4, 0.5) is 0 Å². The first-order chi connectivity index (χ1) is 16.9. The summed E-state index contributed by atoms with van der Waals surface area (Å²) in [6.07, 6.45) is 2.23. The number of Topliss-reactive ketones (excluding diaryl/α,β-unsaturated/α-hetero) is 1. The number of hydrogen-bond donors (Lipinski definition) is 2. The molecule has 1 heterocycles. The van der Waals surface area contributed by atoms with Crippen LogP contribution in [0.15, 0.2) is 12.2 Å². The van der Waals surface area contributed by atoms with Crippen LogP contribution in [0.5, 0.6) is 0 Å². The van der Waals surface area contributed by atoms with Crippen LogP contribution < -0.4 is 5.32 Å². The molecular weight excluding hydrogens is 569 g/mol. The van der Waals surface area contributed by atoms with Crippen molar-refractivity contribution >= 4 is 66.0 Å². The molecule has 218 valence electrons. The highest BCUT2D eigenvalue weighted by Gasteiger charge is 2.53. The number of carbonyl (C=O) groups excluding carboxylic acids is 3. The molecule has 9 nitrogen and oxygen atoms in total. The summed E-state index contributed by atoms with van der Waals surface area (Å²) in [4.78, 5) is 48.6. The van der Waals surface area contributed by atoms with Gasteiger partial charge in [0.15, 0.2) is 5.78 Å². The summed E-state index contributed by atoms with van der Waals surface area (Å²) < 4.78 is 17.8. The number of hydrogen-bond acceptors (Lipinski definition) is 9. The number of allylic oxidation sites excluding steroid dienone is 1. The zero-order chi connectivity index (χ0) is 28.2. The molecule has 2 aliphatic rings. The van der Waals surface area contributed by atoms with E-state index < -0.39 is 52.4 Å². The van der Waals surface area contributed by atoms with E-state index in [1.165, 1.54) is 18.3 Å². The fraction of sp³-hybridized carbons (Fsp3) is 0.760. The van der Waals surface area contributed by atoms with Crippen molar-refractivity contribution in [2.24, 2.45) is 17.8 Å². The maximum absolute atomic E-state index is 13.0. The molecule has 1 aliphatic heterocycles. The first kappa shape index (κ1) is 35.1. The average Bonchev–Trinajstić information content (AvgIpc) is 3.02. The molecule has 1 saturated carbocycles. The van der Waals surface area contributed by atoms with Crippen molar-refractivity contribution in [3.8, 4) is 0 Å². The van der Waals surface area contributed by atoms with Crippen molar-refractivity contribution in [1.29, 1.82) is 0 Å². The van der Waals surface area contributed by atoms with Crippen molar-refractivity contribution in [1.82, 2.24) is 5.32 Å². The second-order valence-electron chi connectivity index (χ2n) is 11.2. The summed E-state index contributed by atoms with van der Waals surface area (Å²) in [5.41, 5.74) is -2.79. The van der Waals surface area contributed by atoms with Gasteiger partial charge in [-0.15, -0.1) is 0 Å². The van der Waals surface area contributed by atoms with Gasteiger partial charge >= 0.3 is 11.9 Å². The van der Waals surface area contributed by atoms with E-state index >= 15 is 0 Å². The third kappa shape index (κ3) is 10.6. The normalized spacial score (nSPS) is 28.3. The molecule has 0 aromatic heterocycles. The Morgan fingerprint density at radius 2 is 1.92 bits per heavy atom. The quantitative estimate of drug-likeness (QED) is 0.181. The molecule has 0 spiro atoms. The zero-order valence-corrected chi connectivity index (χ0v) is 26.6. The highest BCUT2D eigenvalue weighted by Crippen LogP contribution is 2.74. The van der Waals surface area contributed by atoms with Crippen LogP contribution in [0.1, 0.15) is 73.6 Å². The number of amides is 1. The molecule has 0 bridgehead atoms. The summed E-state index contributed by atoms with van der Waals surface area (Å²) in [5, 5.41) is 11.7. The van der Waals surface area contributed by atoms with Gasteiger partial charge in [-0.25, -0.2) is 0 Å². The molecule has 0 aromatic carbocycles. The van der Waals surface area contributed by atoms with Gasteiger partial charge in [0.1, 0.15) is 5.60 Å². The molecule has 2 fully saturated rings. The minimum Gasteiger partial charge on any atom is -0.481 e. The summed E-state index contributed by atoms with van der Waals surface area (Å²) in [6, 6.07) is 0. The van der Waals surface area contributed by atoms with Crippen molar-refractivity contribution in [2.75, 3.05) is 13.2 Å². The molecule has 1 aliphatic carbocycles. The Balaban J connectivity index is 0.00000722. The van der Waals surface area contributed by atoms with Gasteiger partial charge in [0.2, 0.25) is 11.6 Å². The SMILES string of the molecule is C=C(C)C1CC[C@]2(C)O[P@](=S)(OC[C@H](CC(=O)OC(C)(C)C)C(=O)NCC(=O)C[C@@H](C)C(=O)O)S[C@H]2C1.S. The van der Waals surface area contributed by atoms with Gasteiger partial charge in [-0.3, -0.25) is 19.2 Å². The number of nitrogens with one attached hydrogen (secondary N) is 1. The molecule has 1 amide bonds. The highest BCUT2D eigenvalue weighted by atomic mass is 32.9. The lowest BCUT2D eigenvalue weighted by Gasteiger charge is -2.37. The first-order valence-corrected chi connectivity index (χ1v) is 16.6. The Hall–Kier alpha value is -0.910. The standard InChI is InChI=1S/C25H40NO8PS2.H2S/c1-15(2)17-8-9-25(7)20(11-17)37-35(36,34-25)32-14-18(12-21(28)33-24(4,5)6)22(29)26-13-19(27)10-16(3)23(30)31;/h16-18,20H,1,8-14H2,2-7H3,(H,26,29)(H,30,31);1H2/t16-,17?,18+,20+,25+,35+;/m1./s1. The van der Waals surface area contributed by atoms with E-state index in [0.29, 0.717) is 5.92 Å². The van der Waals surface area contributed by atoms with E-state index in [2.05, 4.69) is 11.9 Å². The maximum Gasteiger partial charge on any atom is 0.307 e. The van der Waals surface area contributed by atoms with Crippen LogP contribution in [0.25, 0.3) is 0 Å². The van der Waals surface area contributed by atoms with Crippen LogP contribution in [-0.4, -0.2) is 58.3 Å². The van der Waals surface area contributed by atoms with Gasteiger partial charge in [0.05, 0.1) is 37.0 Å². The molecular formula is C25H42NO8PS3. The maximum atomic E-state index is 13.0. The number of fused-ring (bicyclic) bond motifs is 1. The van der Waals surface area contributed by atoms with Crippen molar-refractivity contribution in [3.05, 3.63) is 12.2 Å². The van der Waals surface area contributed by atoms with Crippen LogP contribution in [0, 0.1) is 17.8 Å². The summed E-state index contributed by atoms with van der Waals surface area (Å²) >= 11 is 7.30. The number of ketones is 1. The number of carboxylic acid groups (broad SMARTS) is 1. The van der Waals surface area contributed by atoms with Gasteiger partial charge in [-0.2, -0.15) is 13.5 Å². The molecule has 38 heavy (non-hydrogen) atoms. The van der Waals surface area contributed by atoms with Gasteiger partial charge in [-0.05, 0) is 71.6 Å². The number of esters is 1. The van der Waals surface area contributed by atoms with Crippen LogP contribution in [0.3, 0.4) is 0 Å². The van der Waals surface area contributed by atoms with Crippen LogP contribution >= 0.6 is 30.6 Å². The van der Waals surface area contributed by atoms with E-state index in [1.807, 2.05) is 13.8 Å². The smallest absolute Gasteiger partial charge is 0.307 e. The van der Waals surface area contributed by atoms with E-state index in [4.69, 9.17) is 30.7 Å². The Bertz CT molecular complexity index is 969. The number of carbonyl (C=O) groups is 4. The lowest BCUT2D eigenvalue weighted by Crippen LogP contribution is -2.40. The predicted octanol–water partition coefficient (Wildman–Crippen LogP) is 4.75. The number of ether oxygens (including phenoxy) is 1. The lowest BCUT2D eigenvalue weighted by atomic mass is 9.77. The molecule has 1 saturated heterocycles. The van der Waals surface area contributed by atoms with Crippen molar-refractivity contribution in [2.45, 2.75) is 90.1 Å². The molecule has 13 heteroatoms. The molecule has 2 rings (SSSR count). The molecule has 6 atom stereocenters. The Kier molecular flexibility index (Phi) is 13.1. The van der Waals surface area contributed by atoms with Gasteiger partial charge in [0, 0.05) is 11.7 Å². The third-order valence-corrected chi connectivity index (χ3v) is 12.2. The van der Waals surface area contributed by atoms with E-state index in [0.717, 1.165) is 24.8 Å². The fourth-order valence-electron chi connectivity index (χ4n) is 4.27. The zero-order valence-electron chi connectivity index (χ0n) is 23.0. The topological polar surface area (TPSA) is 128 Å². The van der Waals surface area contributed by atoms with Gasteiger partial charge in [0.25, 0.3) is 0 Å². The van der Waals surface area contributed by atoms with E-state index in [-0.39, 0.29) is 44.7 Å². The second kappa shape index (κ2) is 14.1.